The molecule has 0 aromatic carbocycles. The predicted octanol–water partition coefficient (Wildman–Crippen LogP) is 0.576. The van der Waals surface area contributed by atoms with Gasteiger partial charge in [0.05, 0.1) is 12.5 Å². The molecule has 2 heterocycles. The number of nitrogens with one attached hydrogen (secondary N) is 1. The number of carbonyl (C=O) groups is 2. The molecule has 2 saturated heterocycles. The molecule has 2 aliphatic rings. The van der Waals surface area contributed by atoms with Crippen LogP contribution < -0.4 is 5.32 Å². The molecule has 1 atom stereocenters. The van der Waals surface area contributed by atoms with E-state index in [1.54, 1.807) is 6.08 Å². The van der Waals surface area contributed by atoms with E-state index < -0.39 is 0 Å². The second kappa shape index (κ2) is 8.44. The number of carbonyl (C=O) groups excluding carboxylic acids is 2. The van der Waals surface area contributed by atoms with Crippen LogP contribution in [-0.4, -0.2) is 72.4 Å². The molecule has 0 aromatic heterocycles. The lowest BCUT2D eigenvalue weighted by Crippen LogP contribution is -2.49. The smallest absolute Gasteiger partial charge is 0.234 e. The van der Waals surface area contributed by atoms with Gasteiger partial charge in [-0.05, 0) is 19.4 Å². The maximum absolute atomic E-state index is 12.5. The molecule has 5 nitrogen and oxygen atoms in total. The molecule has 0 aliphatic carbocycles. The van der Waals surface area contributed by atoms with Crippen LogP contribution in [0.3, 0.4) is 0 Å². The normalized spacial score (nSPS) is 23.6. The summed E-state index contributed by atoms with van der Waals surface area (Å²) >= 11 is 1.91. The van der Waals surface area contributed by atoms with Crippen LogP contribution in [0.15, 0.2) is 12.7 Å². The third kappa shape index (κ3) is 5.04. The van der Waals surface area contributed by atoms with Crippen molar-refractivity contribution in [2.24, 2.45) is 5.92 Å². The standard InChI is InChI=1S/C15H25N3O2S/c1-2-5-16-14(19)12-17-6-3-4-13(11-17)15(20)18-7-9-21-10-8-18/h2,13H,1,3-12H2,(H,16,19). The zero-order valence-electron chi connectivity index (χ0n) is 12.6. The van der Waals surface area contributed by atoms with Gasteiger partial charge in [-0.2, -0.15) is 11.8 Å². The summed E-state index contributed by atoms with van der Waals surface area (Å²) in [5.41, 5.74) is 0. The van der Waals surface area contributed by atoms with Crippen LogP contribution in [-0.2, 0) is 9.59 Å². The third-order valence-corrected chi connectivity index (χ3v) is 4.93. The molecule has 0 saturated carbocycles. The van der Waals surface area contributed by atoms with E-state index in [4.69, 9.17) is 0 Å². The number of amides is 2. The molecule has 2 fully saturated rings. The number of hydrogen-bond donors (Lipinski definition) is 1. The van der Waals surface area contributed by atoms with Crippen molar-refractivity contribution in [2.75, 3.05) is 50.8 Å². The Labute approximate surface area is 131 Å². The highest BCUT2D eigenvalue weighted by molar-refractivity contribution is 7.99. The lowest BCUT2D eigenvalue weighted by molar-refractivity contribution is -0.137. The molecule has 0 radical (unpaired) electrons. The SMILES string of the molecule is C=CCNC(=O)CN1CCCC(C(=O)N2CCSCC2)C1. The molecular weight excluding hydrogens is 286 g/mol. The minimum absolute atomic E-state index is 0.0115. The van der Waals surface area contributed by atoms with Gasteiger partial charge in [0.25, 0.3) is 0 Å². The summed E-state index contributed by atoms with van der Waals surface area (Å²) in [4.78, 5) is 28.4. The average Bonchev–Trinajstić information content (AvgIpc) is 2.53. The zero-order chi connectivity index (χ0) is 15.1. The minimum Gasteiger partial charge on any atom is -0.352 e. The molecule has 118 valence electrons. The first-order valence-electron chi connectivity index (χ1n) is 7.67. The highest BCUT2D eigenvalue weighted by atomic mass is 32.2. The van der Waals surface area contributed by atoms with Crippen LogP contribution in [0.4, 0.5) is 0 Å². The first kappa shape index (κ1) is 16.4. The molecule has 2 aliphatic heterocycles. The van der Waals surface area contributed by atoms with E-state index in [0.29, 0.717) is 19.6 Å². The van der Waals surface area contributed by atoms with Crippen LogP contribution in [0.25, 0.3) is 0 Å². The van der Waals surface area contributed by atoms with E-state index in [0.717, 1.165) is 44.0 Å². The van der Waals surface area contributed by atoms with E-state index in [9.17, 15) is 9.59 Å². The molecule has 2 amide bonds. The summed E-state index contributed by atoms with van der Waals surface area (Å²) in [5, 5.41) is 2.79. The van der Waals surface area contributed by atoms with Crippen LogP contribution >= 0.6 is 11.8 Å². The molecule has 0 bridgehead atoms. The van der Waals surface area contributed by atoms with Crippen molar-refractivity contribution in [1.82, 2.24) is 15.1 Å². The van der Waals surface area contributed by atoms with Gasteiger partial charge >= 0.3 is 0 Å². The Morgan fingerprint density at radius 2 is 2.05 bits per heavy atom. The van der Waals surface area contributed by atoms with Gasteiger partial charge in [-0.15, -0.1) is 6.58 Å². The van der Waals surface area contributed by atoms with Crippen LogP contribution in [0.2, 0.25) is 0 Å². The predicted molar refractivity (Wildman–Crippen MR) is 86.3 cm³/mol. The van der Waals surface area contributed by atoms with Gasteiger partial charge in [-0.25, -0.2) is 0 Å². The van der Waals surface area contributed by atoms with Crippen molar-refractivity contribution < 1.29 is 9.59 Å². The Hall–Kier alpha value is -1.01. The van der Waals surface area contributed by atoms with Crippen molar-refractivity contribution in [3.63, 3.8) is 0 Å². The summed E-state index contributed by atoms with van der Waals surface area (Å²) in [7, 11) is 0. The molecule has 0 aromatic rings. The Morgan fingerprint density at radius 1 is 1.29 bits per heavy atom. The fraction of sp³-hybridized carbons (Fsp3) is 0.733. The molecule has 21 heavy (non-hydrogen) atoms. The zero-order valence-corrected chi connectivity index (χ0v) is 13.4. The number of piperidine rings is 1. The van der Waals surface area contributed by atoms with Crippen molar-refractivity contribution in [3.8, 4) is 0 Å². The fourth-order valence-electron chi connectivity index (χ4n) is 2.89. The largest absolute Gasteiger partial charge is 0.352 e. The lowest BCUT2D eigenvalue weighted by Gasteiger charge is -2.35. The molecule has 1 unspecified atom stereocenters. The summed E-state index contributed by atoms with van der Waals surface area (Å²) in [6.45, 7) is 7.83. The summed E-state index contributed by atoms with van der Waals surface area (Å²) in [5.74, 6) is 2.45. The van der Waals surface area contributed by atoms with Gasteiger partial charge in [-0.1, -0.05) is 6.08 Å². The van der Waals surface area contributed by atoms with Crippen LogP contribution in [0.1, 0.15) is 12.8 Å². The number of rotatable bonds is 5. The fourth-order valence-corrected chi connectivity index (χ4v) is 3.79. The molecule has 2 rings (SSSR count). The van der Waals surface area contributed by atoms with Crippen molar-refractivity contribution >= 4 is 23.6 Å². The van der Waals surface area contributed by atoms with Crippen LogP contribution in [0, 0.1) is 5.92 Å². The maximum Gasteiger partial charge on any atom is 0.234 e. The van der Waals surface area contributed by atoms with E-state index in [2.05, 4.69) is 16.8 Å². The van der Waals surface area contributed by atoms with Gasteiger partial charge in [0.1, 0.15) is 0 Å². The second-order valence-electron chi connectivity index (χ2n) is 5.60. The highest BCUT2D eigenvalue weighted by Crippen LogP contribution is 2.20. The van der Waals surface area contributed by atoms with E-state index >= 15 is 0 Å². The van der Waals surface area contributed by atoms with E-state index in [1.807, 2.05) is 16.7 Å². The summed E-state index contributed by atoms with van der Waals surface area (Å²) in [6, 6.07) is 0. The molecule has 0 spiro atoms. The average molecular weight is 311 g/mol. The van der Waals surface area contributed by atoms with Gasteiger partial charge < -0.3 is 10.2 Å². The summed E-state index contributed by atoms with van der Waals surface area (Å²) < 4.78 is 0. The monoisotopic (exact) mass is 311 g/mol. The number of nitrogens with zero attached hydrogens (tertiary/aromatic N) is 2. The minimum atomic E-state index is 0.0115. The van der Waals surface area contributed by atoms with Crippen LogP contribution in [0.5, 0.6) is 0 Å². The van der Waals surface area contributed by atoms with E-state index in [-0.39, 0.29) is 17.7 Å². The molecular formula is C15H25N3O2S. The quantitative estimate of drug-likeness (QED) is 0.755. The first-order chi connectivity index (χ1) is 10.2. The highest BCUT2D eigenvalue weighted by Gasteiger charge is 2.30. The first-order valence-corrected chi connectivity index (χ1v) is 8.82. The molecule has 6 heteroatoms. The Kier molecular flexibility index (Phi) is 6.57. The van der Waals surface area contributed by atoms with Gasteiger partial charge in [0.2, 0.25) is 11.8 Å². The van der Waals surface area contributed by atoms with Crippen molar-refractivity contribution in [1.29, 1.82) is 0 Å². The Bertz CT molecular complexity index is 383. The number of likely N-dealkylation sites (tertiary alicyclic amines) is 1. The second-order valence-corrected chi connectivity index (χ2v) is 6.83. The van der Waals surface area contributed by atoms with Gasteiger partial charge in [0, 0.05) is 37.7 Å². The Morgan fingerprint density at radius 3 is 2.76 bits per heavy atom. The third-order valence-electron chi connectivity index (χ3n) is 3.99. The van der Waals surface area contributed by atoms with Gasteiger partial charge in [-0.3, -0.25) is 14.5 Å². The van der Waals surface area contributed by atoms with Crippen molar-refractivity contribution in [3.05, 3.63) is 12.7 Å². The number of thioether (sulfide) groups is 1. The maximum atomic E-state index is 12.5. The summed E-state index contributed by atoms with van der Waals surface area (Å²) in [6.07, 6.45) is 3.62. The number of hydrogen-bond acceptors (Lipinski definition) is 4. The lowest BCUT2D eigenvalue weighted by atomic mass is 9.96. The topological polar surface area (TPSA) is 52.7 Å². The Balaban J connectivity index is 1.80. The molecule has 1 N–H and O–H groups in total. The van der Waals surface area contributed by atoms with E-state index in [1.165, 1.54) is 0 Å². The van der Waals surface area contributed by atoms with Gasteiger partial charge in [0.15, 0.2) is 0 Å². The van der Waals surface area contributed by atoms with Crippen molar-refractivity contribution in [2.45, 2.75) is 12.8 Å².